The average molecular weight is 438 g/mol. The number of benzene rings is 1. The Morgan fingerprint density at radius 1 is 1.23 bits per heavy atom. The Labute approximate surface area is 172 Å². The van der Waals surface area contributed by atoms with Crippen molar-refractivity contribution in [2.45, 2.75) is 18.6 Å². The number of aromatic nitrogens is 4. The van der Waals surface area contributed by atoms with Crippen molar-refractivity contribution in [1.29, 1.82) is 0 Å². The Kier molecular flexibility index (Phi) is 4.61. The molecule has 4 rings (SSSR count). The minimum Gasteiger partial charge on any atom is -0.374 e. The Hall–Kier alpha value is -3.27. The first kappa shape index (κ1) is 20.0. The van der Waals surface area contributed by atoms with Crippen LogP contribution in [0.4, 0.5) is 17.6 Å². The van der Waals surface area contributed by atoms with Gasteiger partial charge in [0.1, 0.15) is 11.2 Å². The van der Waals surface area contributed by atoms with Gasteiger partial charge in [0.2, 0.25) is 0 Å². The van der Waals surface area contributed by atoms with E-state index < -0.39 is 33.9 Å². The summed E-state index contributed by atoms with van der Waals surface area (Å²) in [5.41, 5.74) is -2.70. The van der Waals surface area contributed by atoms with E-state index in [0.717, 1.165) is 16.8 Å². The number of fused-ring (bicyclic) bond motifs is 1. The number of Topliss-reactive ketones (excluding diaryl/α,β-unsaturated/α-hetero) is 1. The summed E-state index contributed by atoms with van der Waals surface area (Å²) in [6.07, 6.45) is -0.447. The number of ketones is 1. The highest BCUT2D eigenvalue weighted by Crippen LogP contribution is 2.39. The number of hydrogen-bond donors (Lipinski definition) is 1. The van der Waals surface area contributed by atoms with Crippen LogP contribution in [0, 0.1) is 5.82 Å². The Morgan fingerprint density at radius 2 is 2.00 bits per heavy atom. The number of carbonyl (C=O) groups is 1. The predicted octanol–water partition coefficient (Wildman–Crippen LogP) is 4.15. The molecule has 6 nitrogen and oxygen atoms in total. The average Bonchev–Trinajstić information content (AvgIpc) is 3.13. The fraction of sp³-hybridized carbons (Fsp3) is 0.158. The van der Waals surface area contributed by atoms with E-state index in [0.29, 0.717) is 0 Å². The monoisotopic (exact) mass is 437 g/mol. The van der Waals surface area contributed by atoms with Crippen molar-refractivity contribution in [2.24, 2.45) is 0 Å². The number of halogens is 5. The van der Waals surface area contributed by atoms with Crippen LogP contribution in [-0.4, -0.2) is 25.8 Å². The van der Waals surface area contributed by atoms with Crippen molar-refractivity contribution in [1.82, 2.24) is 25.3 Å². The lowest BCUT2D eigenvalue weighted by molar-refractivity contribution is -0.137. The molecule has 3 heterocycles. The van der Waals surface area contributed by atoms with E-state index in [4.69, 9.17) is 11.6 Å². The van der Waals surface area contributed by atoms with E-state index in [1.54, 1.807) is 0 Å². The van der Waals surface area contributed by atoms with Crippen molar-refractivity contribution in [3.8, 4) is 5.82 Å². The number of pyridine rings is 1. The van der Waals surface area contributed by atoms with E-state index >= 15 is 0 Å². The molecular weight excluding hydrogens is 426 g/mol. The van der Waals surface area contributed by atoms with Gasteiger partial charge in [-0.1, -0.05) is 22.9 Å². The molecule has 1 aromatic carbocycles. The first-order valence-electron chi connectivity index (χ1n) is 8.56. The molecule has 3 aromatic rings. The Balaban J connectivity index is 1.83. The van der Waals surface area contributed by atoms with E-state index in [2.05, 4.69) is 20.6 Å². The number of alkyl halides is 3. The number of rotatable bonds is 3. The largest absolute Gasteiger partial charge is 0.417 e. The molecule has 0 saturated carbocycles. The molecule has 1 aliphatic heterocycles. The number of nitrogens with one attached hydrogen (secondary N) is 1. The highest BCUT2D eigenvalue weighted by atomic mass is 35.5. The van der Waals surface area contributed by atoms with E-state index in [1.807, 2.05) is 0 Å². The maximum Gasteiger partial charge on any atom is 0.417 e. The molecule has 2 aromatic heterocycles. The minimum absolute atomic E-state index is 0.0912. The molecule has 1 atom stereocenters. The molecule has 11 heteroatoms. The smallest absolute Gasteiger partial charge is 0.374 e. The molecule has 0 fully saturated rings. The second kappa shape index (κ2) is 6.91. The van der Waals surface area contributed by atoms with Crippen molar-refractivity contribution in [3.63, 3.8) is 0 Å². The number of nitrogens with zero attached hydrogens (tertiary/aromatic N) is 4. The summed E-state index contributed by atoms with van der Waals surface area (Å²) in [5.74, 6) is -1.55. The first-order valence-corrected chi connectivity index (χ1v) is 8.94. The second-order valence-corrected chi connectivity index (χ2v) is 7.02. The van der Waals surface area contributed by atoms with Crippen LogP contribution < -0.4 is 5.32 Å². The van der Waals surface area contributed by atoms with Crippen LogP contribution in [0.2, 0.25) is 5.02 Å². The van der Waals surface area contributed by atoms with Gasteiger partial charge in [-0.3, -0.25) is 4.79 Å². The first-order chi connectivity index (χ1) is 14.1. The van der Waals surface area contributed by atoms with Crippen LogP contribution in [0.1, 0.15) is 34.2 Å². The Morgan fingerprint density at radius 3 is 2.70 bits per heavy atom. The van der Waals surface area contributed by atoms with Gasteiger partial charge in [0.15, 0.2) is 17.4 Å². The van der Waals surface area contributed by atoms with Gasteiger partial charge in [-0.25, -0.2) is 9.37 Å². The maximum absolute atomic E-state index is 14.2. The summed E-state index contributed by atoms with van der Waals surface area (Å²) >= 11 is 5.93. The van der Waals surface area contributed by atoms with Gasteiger partial charge in [-0.15, -0.1) is 5.10 Å². The zero-order chi connectivity index (χ0) is 21.7. The molecule has 1 N–H and O–H groups in total. The summed E-state index contributed by atoms with van der Waals surface area (Å²) in [6.45, 7) is 1.43. The van der Waals surface area contributed by atoms with Gasteiger partial charge in [0, 0.05) is 11.8 Å². The number of hydrogen-bond acceptors (Lipinski definition) is 5. The van der Waals surface area contributed by atoms with E-state index in [1.165, 1.54) is 43.6 Å². The Bertz CT molecular complexity index is 1190. The third-order valence-electron chi connectivity index (χ3n) is 4.73. The van der Waals surface area contributed by atoms with Gasteiger partial charge in [0.05, 0.1) is 16.3 Å². The summed E-state index contributed by atoms with van der Waals surface area (Å²) in [6, 6.07) is 5.69. The van der Waals surface area contributed by atoms with Crippen LogP contribution in [0.15, 0.2) is 42.7 Å². The lowest BCUT2D eigenvalue weighted by atomic mass is 9.85. The SMILES string of the molecule is CC1(C(=O)c2cccc(C(F)(F)F)c2Cl)NC=Cc2c1nnn2-c1ncccc1F. The predicted molar refractivity (Wildman–Crippen MR) is 99.4 cm³/mol. The fourth-order valence-electron chi connectivity index (χ4n) is 3.21. The molecule has 30 heavy (non-hydrogen) atoms. The molecule has 0 saturated heterocycles. The van der Waals surface area contributed by atoms with Crippen molar-refractivity contribution >= 4 is 23.5 Å². The van der Waals surface area contributed by atoms with Gasteiger partial charge in [-0.05, 0) is 43.5 Å². The maximum atomic E-state index is 14.2. The standard InChI is InChI=1S/C19H12ClF4N5O/c1-18(16(30)10-4-2-5-11(14(10)20)19(22,23)24)15-13(7-9-26-18)29(28-27-15)17-12(21)6-3-8-25-17/h2-9,26H,1H3. The minimum atomic E-state index is -4.72. The topological polar surface area (TPSA) is 72.7 Å². The molecular formula is C19H12ClF4N5O. The molecule has 1 aliphatic rings. The molecule has 154 valence electrons. The van der Waals surface area contributed by atoms with Crippen LogP contribution in [0.5, 0.6) is 0 Å². The summed E-state index contributed by atoms with van der Waals surface area (Å²) < 4.78 is 54.9. The highest BCUT2D eigenvalue weighted by Gasteiger charge is 2.44. The molecule has 0 spiro atoms. The van der Waals surface area contributed by atoms with E-state index in [-0.39, 0.29) is 22.8 Å². The fourth-order valence-corrected chi connectivity index (χ4v) is 3.53. The summed E-state index contributed by atoms with van der Waals surface area (Å²) in [7, 11) is 0. The number of carbonyl (C=O) groups excluding carboxylic acids is 1. The van der Waals surface area contributed by atoms with Gasteiger partial charge < -0.3 is 5.32 Å². The molecule has 1 unspecified atom stereocenters. The van der Waals surface area contributed by atoms with Crippen LogP contribution >= 0.6 is 11.6 Å². The molecule has 0 bridgehead atoms. The quantitative estimate of drug-likeness (QED) is 0.492. The van der Waals surface area contributed by atoms with Gasteiger partial charge in [-0.2, -0.15) is 17.9 Å². The lowest BCUT2D eigenvalue weighted by Crippen LogP contribution is -2.46. The lowest BCUT2D eigenvalue weighted by Gasteiger charge is -2.30. The van der Waals surface area contributed by atoms with Gasteiger partial charge >= 0.3 is 6.18 Å². The zero-order valence-electron chi connectivity index (χ0n) is 15.2. The van der Waals surface area contributed by atoms with Crippen molar-refractivity contribution in [3.05, 3.63) is 76.1 Å². The summed E-state index contributed by atoms with van der Waals surface area (Å²) in [4.78, 5) is 17.2. The highest BCUT2D eigenvalue weighted by molar-refractivity contribution is 6.35. The van der Waals surface area contributed by atoms with Crippen LogP contribution in [-0.2, 0) is 11.7 Å². The van der Waals surface area contributed by atoms with E-state index in [9.17, 15) is 22.4 Å². The molecule has 0 radical (unpaired) electrons. The normalized spacial score (nSPS) is 18.1. The summed E-state index contributed by atoms with van der Waals surface area (Å²) in [5, 5.41) is 9.97. The van der Waals surface area contributed by atoms with Crippen LogP contribution in [0.3, 0.4) is 0 Å². The second-order valence-electron chi connectivity index (χ2n) is 6.64. The van der Waals surface area contributed by atoms with Gasteiger partial charge in [0.25, 0.3) is 0 Å². The molecule has 0 aliphatic carbocycles. The van der Waals surface area contributed by atoms with Crippen molar-refractivity contribution in [2.75, 3.05) is 0 Å². The van der Waals surface area contributed by atoms with Crippen LogP contribution in [0.25, 0.3) is 11.9 Å². The third-order valence-corrected chi connectivity index (χ3v) is 5.14. The zero-order valence-corrected chi connectivity index (χ0v) is 16.0. The van der Waals surface area contributed by atoms with Crippen molar-refractivity contribution < 1.29 is 22.4 Å². The third kappa shape index (κ3) is 3.04. The molecule has 0 amide bonds.